The molecule has 1 unspecified atom stereocenters. The molecule has 0 aliphatic rings. The third kappa shape index (κ3) is 12.1. The van der Waals surface area contributed by atoms with Crippen LogP contribution in [0.25, 0.3) is 0 Å². The number of hydrogen-bond donors (Lipinski definition) is 2. The number of rotatable bonds is 20. The minimum absolute atomic E-state index is 0.398. The molecule has 0 radical (unpaired) electrons. The highest BCUT2D eigenvalue weighted by Gasteiger charge is 2.19. The molecule has 1 aromatic rings. The van der Waals surface area contributed by atoms with Crippen LogP contribution >= 0.6 is 23.1 Å². The fourth-order valence-electron chi connectivity index (χ4n) is 3.47. The Balaban J connectivity index is 2.57. The largest absolute Gasteiger partial charge is 0.367 e. The van der Waals surface area contributed by atoms with E-state index in [0.29, 0.717) is 11.1 Å². The van der Waals surface area contributed by atoms with Gasteiger partial charge in [0.1, 0.15) is 0 Å². The van der Waals surface area contributed by atoms with Gasteiger partial charge in [-0.05, 0) is 51.1 Å². The molecule has 0 aliphatic heterocycles. The van der Waals surface area contributed by atoms with Crippen LogP contribution < -0.4 is 10.6 Å². The number of aromatic nitrogens is 1. The summed E-state index contributed by atoms with van der Waals surface area (Å²) in [7, 11) is 0. The molecule has 0 bridgehead atoms. The number of thioether (sulfide) groups is 1. The third-order valence-corrected chi connectivity index (χ3v) is 7.64. The van der Waals surface area contributed by atoms with Gasteiger partial charge in [0, 0.05) is 23.2 Å². The molecule has 0 spiro atoms. The van der Waals surface area contributed by atoms with E-state index >= 15 is 0 Å². The first kappa shape index (κ1) is 28.7. The number of nitro groups is 1. The molecule has 0 amide bonds. The van der Waals surface area contributed by atoms with Gasteiger partial charge in [0.15, 0.2) is 5.82 Å². The van der Waals surface area contributed by atoms with Crippen molar-refractivity contribution in [3.63, 3.8) is 0 Å². The molecule has 2 N–H and O–H groups in total. The lowest BCUT2D eigenvalue weighted by Gasteiger charge is -2.22. The van der Waals surface area contributed by atoms with E-state index in [0.717, 1.165) is 89.6 Å². The highest BCUT2D eigenvalue weighted by atomic mass is 32.2. The lowest BCUT2D eigenvalue weighted by molar-refractivity contribution is -0.404. The molecular formula is C23H43N5O2S2. The van der Waals surface area contributed by atoms with Crippen molar-refractivity contribution in [3.05, 3.63) is 38.2 Å². The zero-order chi connectivity index (χ0) is 23.6. The fraction of sp³-hybridized carbons (Fsp3) is 0.783. The third-order valence-electron chi connectivity index (χ3n) is 5.34. The number of aryl methyl sites for hydroxylation is 1. The predicted octanol–water partition coefficient (Wildman–Crippen LogP) is 5.44. The Bertz CT molecular complexity index is 650. The highest BCUT2D eigenvalue weighted by molar-refractivity contribution is 7.99. The summed E-state index contributed by atoms with van der Waals surface area (Å²) in [6, 6.07) is 0. The van der Waals surface area contributed by atoms with Gasteiger partial charge in [0.05, 0.1) is 16.1 Å². The van der Waals surface area contributed by atoms with Gasteiger partial charge in [-0.1, -0.05) is 47.0 Å². The topological polar surface area (TPSA) is 83.3 Å². The second-order valence-corrected chi connectivity index (χ2v) is 10.1. The quantitative estimate of drug-likeness (QED) is 0.145. The van der Waals surface area contributed by atoms with E-state index in [4.69, 9.17) is 4.98 Å². The van der Waals surface area contributed by atoms with Gasteiger partial charge in [-0.25, -0.2) is 4.98 Å². The number of nitrogens with zero attached hydrogens (tertiary/aromatic N) is 3. The van der Waals surface area contributed by atoms with Crippen LogP contribution in [0, 0.1) is 10.1 Å². The molecule has 7 nitrogen and oxygen atoms in total. The van der Waals surface area contributed by atoms with Crippen LogP contribution in [0.5, 0.6) is 0 Å². The van der Waals surface area contributed by atoms with Gasteiger partial charge in [-0.3, -0.25) is 10.1 Å². The van der Waals surface area contributed by atoms with Crippen LogP contribution in [0.15, 0.2) is 17.5 Å². The second-order valence-electron chi connectivity index (χ2n) is 7.83. The molecule has 1 heterocycles. The van der Waals surface area contributed by atoms with Crippen molar-refractivity contribution in [2.45, 2.75) is 77.9 Å². The number of unbranched alkanes of at least 4 members (excludes halogenated alkanes) is 2. The van der Waals surface area contributed by atoms with Crippen LogP contribution in [0.3, 0.4) is 0 Å². The average molecular weight is 486 g/mol. The summed E-state index contributed by atoms with van der Waals surface area (Å²) < 4.78 is 0. The van der Waals surface area contributed by atoms with E-state index in [2.05, 4.69) is 43.2 Å². The lowest BCUT2D eigenvalue weighted by atomic mass is 10.1. The average Bonchev–Trinajstić information content (AvgIpc) is 3.23. The first-order chi connectivity index (χ1) is 15.5. The maximum absolute atomic E-state index is 10.9. The van der Waals surface area contributed by atoms with Crippen molar-refractivity contribution in [3.8, 4) is 0 Å². The van der Waals surface area contributed by atoms with E-state index in [1.54, 1.807) is 11.3 Å². The van der Waals surface area contributed by atoms with Gasteiger partial charge in [0.2, 0.25) is 0 Å². The van der Waals surface area contributed by atoms with E-state index in [-0.39, 0.29) is 0 Å². The summed E-state index contributed by atoms with van der Waals surface area (Å²) >= 11 is 3.76. The first-order valence-corrected chi connectivity index (χ1v) is 14.1. The Morgan fingerprint density at radius 2 is 1.91 bits per heavy atom. The maximum Gasteiger partial charge on any atom is 0.274 e. The summed E-state index contributed by atoms with van der Waals surface area (Å²) in [5.74, 6) is 1.51. The van der Waals surface area contributed by atoms with Gasteiger partial charge in [-0.15, -0.1) is 11.3 Å². The molecule has 184 valence electrons. The summed E-state index contributed by atoms with van der Waals surface area (Å²) in [5.41, 5.74) is 3.26. The summed E-state index contributed by atoms with van der Waals surface area (Å²) in [6.07, 6.45) is 8.61. The van der Waals surface area contributed by atoms with Crippen molar-refractivity contribution in [2.75, 3.05) is 38.5 Å². The summed E-state index contributed by atoms with van der Waals surface area (Å²) in [5, 5.41) is 17.7. The van der Waals surface area contributed by atoms with Crippen molar-refractivity contribution in [1.82, 2.24) is 20.5 Å². The molecule has 0 aliphatic carbocycles. The van der Waals surface area contributed by atoms with Crippen LogP contribution in [-0.4, -0.2) is 53.3 Å². The molecule has 0 saturated heterocycles. The minimum atomic E-state index is -0.398. The molecule has 9 heteroatoms. The normalized spacial score (nSPS) is 12.8. The van der Waals surface area contributed by atoms with Gasteiger partial charge >= 0.3 is 0 Å². The Labute approximate surface area is 203 Å². The van der Waals surface area contributed by atoms with E-state index in [1.807, 2.05) is 17.3 Å². The molecule has 0 aromatic carbocycles. The monoisotopic (exact) mass is 485 g/mol. The zero-order valence-electron chi connectivity index (χ0n) is 20.4. The van der Waals surface area contributed by atoms with E-state index < -0.39 is 4.92 Å². The Morgan fingerprint density at radius 3 is 2.53 bits per heavy atom. The minimum Gasteiger partial charge on any atom is -0.367 e. The Hall–Kier alpha value is -1.32. The summed E-state index contributed by atoms with van der Waals surface area (Å²) in [6.45, 7) is 13.5. The van der Waals surface area contributed by atoms with Crippen LogP contribution in [0.4, 0.5) is 0 Å². The SMILES string of the molecule is CCCCCNC(=C[N+](=O)[O-])NCCCSC(CCN(CC)CC)c1ncsc1CCC. The number of nitrogens with one attached hydrogen (secondary N) is 2. The van der Waals surface area contributed by atoms with Gasteiger partial charge < -0.3 is 15.5 Å². The van der Waals surface area contributed by atoms with E-state index in [9.17, 15) is 10.1 Å². The number of hydrogen-bond acceptors (Lipinski definition) is 8. The van der Waals surface area contributed by atoms with Crippen molar-refractivity contribution >= 4 is 23.1 Å². The highest BCUT2D eigenvalue weighted by Crippen LogP contribution is 2.35. The zero-order valence-corrected chi connectivity index (χ0v) is 22.0. The van der Waals surface area contributed by atoms with Gasteiger partial charge in [0.25, 0.3) is 6.20 Å². The van der Waals surface area contributed by atoms with Gasteiger partial charge in [-0.2, -0.15) is 11.8 Å². The summed E-state index contributed by atoms with van der Waals surface area (Å²) in [4.78, 5) is 19.1. The van der Waals surface area contributed by atoms with Crippen LogP contribution in [0.2, 0.25) is 0 Å². The second kappa shape index (κ2) is 18.1. The molecule has 0 fully saturated rings. The Kier molecular flexibility index (Phi) is 16.3. The van der Waals surface area contributed by atoms with Crippen LogP contribution in [-0.2, 0) is 6.42 Å². The predicted molar refractivity (Wildman–Crippen MR) is 139 cm³/mol. The fourth-order valence-corrected chi connectivity index (χ4v) is 5.71. The molecule has 32 heavy (non-hydrogen) atoms. The lowest BCUT2D eigenvalue weighted by Crippen LogP contribution is -2.29. The van der Waals surface area contributed by atoms with Crippen molar-refractivity contribution in [1.29, 1.82) is 0 Å². The van der Waals surface area contributed by atoms with Crippen LogP contribution in [0.1, 0.15) is 82.0 Å². The molecule has 1 aromatic heterocycles. The Morgan fingerprint density at radius 1 is 1.19 bits per heavy atom. The standard InChI is InChI=1S/C23H43N5O2S2/c1-5-9-10-14-24-22(18-28(29)30)25-15-11-17-31-21(13-16-27(7-3)8-4)23-20(12-6-2)32-19-26-23/h18-19,21,24-25H,5-17H2,1-4H3. The molecular weight excluding hydrogens is 442 g/mol. The first-order valence-electron chi connectivity index (χ1n) is 12.1. The van der Waals surface area contributed by atoms with E-state index in [1.165, 1.54) is 10.6 Å². The molecule has 0 saturated carbocycles. The number of thiazole rings is 1. The van der Waals surface area contributed by atoms with Crippen molar-refractivity contribution in [2.24, 2.45) is 0 Å². The molecule has 1 rings (SSSR count). The maximum atomic E-state index is 10.9. The molecule has 1 atom stereocenters. The smallest absolute Gasteiger partial charge is 0.274 e. The van der Waals surface area contributed by atoms with Crippen molar-refractivity contribution < 1.29 is 4.92 Å².